The van der Waals surface area contributed by atoms with Gasteiger partial charge in [0.2, 0.25) is 5.95 Å². The van der Waals surface area contributed by atoms with E-state index in [1.165, 1.54) is 27.8 Å². The highest BCUT2D eigenvalue weighted by molar-refractivity contribution is 5.97. The molecule has 1 aliphatic heterocycles. The van der Waals surface area contributed by atoms with Gasteiger partial charge in [-0.2, -0.15) is 4.98 Å². The van der Waals surface area contributed by atoms with Gasteiger partial charge in [0.25, 0.3) is 5.56 Å². The number of piperazine rings is 1. The van der Waals surface area contributed by atoms with Gasteiger partial charge in [0, 0.05) is 49.2 Å². The molecule has 5 aromatic rings. The Morgan fingerprint density at radius 2 is 1.78 bits per heavy atom. The number of aryl methyl sites for hydroxylation is 2. The zero-order valence-corrected chi connectivity index (χ0v) is 26.1. The molecule has 0 radical (unpaired) electrons. The Bertz CT molecular complexity index is 1970. The number of fused-ring (bicyclic) bond motifs is 4. The Labute approximate surface area is 263 Å². The molecule has 2 fully saturated rings. The van der Waals surface area contributed by atoms with Gasteiger partial charge < -0.3 is 15.5 Å². The summed E-state index contributed by atoms with van der Waals surface area (Å²) >= 11 is 0. The summed E-state index contributed by atoms with van der Waals surface area (Å²) in [4.78, 5) is 31.0. The summed E-state index contributed by atoms with van der Waals surface area (Å²) in [6.07, 6.45) is 8.02. The first kappa shape index (κ1) is 28.0. The van der Waals surface area contributed by atoms with Gasteiger partial charge in [0.1, 0.15) is 11.5 Å². The number of nitrogens with one attached hydrogen (secondary N) is 2. The van der Waals surface area contributed by atoms with Crippen LogP contribution in [0, 0.1) is 6.92 Å². The molecule has 8 rings (SSSR count). The number of benzene rings is 2. The number of rotatable bonds is 6. The molecule has 3 aromatic heterocycles. The molecule has 0 bridgehead atoms. The average Bonchev–Trinajstić information content (AvgIpc) is 3.73. The number of nitrogens with zero attached hydrogens (tertiary/aromatic N) is 5. The van der Waals surface area contributed by atoms with E-state index in [-0.39, 0.29) is 11.6 Å². The molecule has 0 amide bonds. The van der Waals surface area contributed by atoms with Crippen molar-refractivity contribution in [1.82, 2.24) is 24.8 Å². The highest BCUT2D eigenvalue weighted by atomic mass is 16.1. The predicted molar refractivity (Wildman–Crippen MR) is 182 cm³/mol. The van der Waals surface area contributed by atoms with Gasteiger partial charge >= 0.3 is 0 Å². The van der Waals surface area contributed by atoms with Crippen LogP contribution in [-0.4, -0.2) is 45.7 Å². The lowest BCUT2D eigenvalue weighted by Crippen LogP contribution is -2.43. The van der Waals surface area contributed by atoms with Crippen LogP contribution in [0.4, 0.5) is 17.5 Å². The lowest BCUT2D eigenvalue weighted by molar-refractivity contribution is 0.515. The third-order valence-corrected chi connectivity index (χ3v) is 9.92. The molecule has 1 saturated heterocycles. The van der Waals surface area contributed by atoms with Crippen LogP contribution >= 0.6 is 0 Å². The molecular weight excluding hydrogens is 558 g/mol. The number of anilines is 3. The first-order chi connectivity index (χ1) is 22.1. The van der Waals surface area contributed by atoms with E-state index in [2.05, 4.69) is 64.9 Å². The van der Waals surface area contributed by atoms with Crippen LogP contribution in [0.25, 0.3) is 33.4 Å². The van der Waals surface area contributed by atoms with Crippen molar-refractivity contribution in [3.8, 4) is 22.4 Å². The van der Waals surface area contributed by atoms with Gasteiger partial charge in [0.05, 0.1) is 17.6 Å². The van der Waals surface area contributed by atoms with Gasteiger partial charge in [-0.1, -0.05) is 56.2 Å². The van der Waals surface area contributed by atoms with Crippen molar-refractivity contribution >= 4 is 28.5 Å². The van der Waals surface area contributed by atoms with Gasteiger partial charge in [-0.25, -0.2) is 9.97 Å². The van der Waals surface area contributed by atoms with E-state index in [0.29, 0.717) is 17.4 Å². The maximum Gasteiger partial charge on any atom is 0.252 e. The van der Waals surface area contributed by atoms with Gasteiger partial charge in [-0.05, 0) is 78.1 Å². The van der Waals surface area contributed by atoms with Crippen molar-refractivity contribution in [1.29, 1.82) is 0 Å². The Morgan fingerprint density at radius 3 is 2.56 bits per heavy atom. The normalized spacial score (nSPS) is 16.3. The van der Waals surface area contributed by atoms with E-state index in [1.807, 2.05) is 23.8 Å². The number of pyridine rings is 2. The Hall–Kier alpha value is -4.56. The van der Waals surface area contributed by atoms with Crippen LogP contribution in [0.1, 0.15) is 60.9 Å². The van der Waals surface area contributed by atoms with E-state index in [4.69, 9.17) is 15.0 Å². The first-order valence-corrected chi connectivity index (χ1v) is 16.4. The quantitative estimate of drug-likeness (QED) is 0.225. The summed E-state index contributed by atoms with van der Waals surface area (Å²) in [7, 11) is 0. The molecule has 0 atom stereocenters. The monoisotopic (exact) mass is 597 g/mol. The fraction of sp³-hybridized carbons (Fsp3) is 0.351. The molecule has 2 aromatic carbocycles. The second kappa shape index (κ2) is 11.4. The molecule has 8 heteroatoms. The van der Waals surface area contributed by atoms with Crippen LogP contribution < -0.4 is 21.1 Å². The first-order valence-electron chi connectivity index (χ1n) is 16.4. The molecule has 1 saturated carbocycles. The van der Waals surface area contributed by atoms with Gasteiger partial charge in [-0.15, -0.1) is 0 Å². The molecular formula is C37H39N7O. The summed E-state index contributed by atoms with van der Waals surface area (Å²) in [5, 5.41) is 7.77. The second-order valence-corrected chi connectivity index (χ2v) is 12.7. The molecule has 8 nitrogen and oxygen atoms in total. The fourth-order valence-corrected chi connectivity index (χ4v) is 7.56. The molecule has 0 spiro atoms. The predicted octanol–water partition coefficient (Wildman–Crippen LogP) is 6.56. The van der Waals surface area contributed by atoms with Crippen molar-refractivity contribution < 1.29 is 0 Å². The molecule has 2 N–H and O–H groups in total. The Morgan fingerprint density at radius 1 is 0.956 bits per heavy atom. The third-order valence-electron chi connectivity index (χ3n) is 9.92. The minimum absolute atomic E-state index is 0.0128. The molecule has 3 aliphatic rings. The lowest BCUT2D eigenvalue weighted by atomic mass is 9.96. The molecule has 4 heterocycles. The van der Waals surface area contributed by atoms with E-state index < -0.39 is 0 Å². The Kier molecular flexibility index (Phi) is 7.09. The van der Waals surface area contributed by atoms with Crippen LogP contribution in [0.5, 0.6) is 0 Å². The van der Waals surface area contributed by atoms with E-state index >= 15 is 0 Å². The summed E-state index contributed by atoms with van der Waals surface area (Å²) in [6.45, 7) is 8.11. The minimum atomic E-state index is 0.0128. The van der Waals surface area contributed by atoms with Crippen LogP contribution in [0.3, 0.4) is 0 Å². The molecule has 0 unspecified atom stereocenters. The lowest BCUT2D eigenvalue weighted by Gasteiger charge is -2.29. The molecule has 2 aliphatic carbocycles. The zero-order chi connectivity index (χ0) is 30.5. The third kappa shape index (κ3) is 4.97. The minimum Gasteiger partial charge on any atom is -0.368 e. The zero-order valence-electron chi connectivity index (χ0n) is 26.1. The maximum absolute atomic E-state index is 13.6. The fourth-order valence-electron chi connectivity index (χ4n) is 7.56. The van der Waals surface area contributed by atoms with E-state index in [9.17, 15) is 4.79 Å². The van der Waals surface area contributed by atoms with Crippen molar-refractivity contribution in [2.45, 2.75) is 58.4 Å². The second-order valence-electron chi connectivity index (χ2n) is 12.7. The standard InChI is InChI=1S/C37H39N7O/c1-3-24-11-12-25-21-31-28(30(25)20-24)9-6-10-29(31)35-34-23(2)19-33(45)44(26-7-4-5-8-26)36(34)42-37(41-35)40-32-14-13-27(22-39-32)43-17-15-38-16-18-43/h6,9-14,19-20,22,26,38H,3-5,7-8,15-18,21H2,1-2H3,(H,39,40,41,42). The van der Waals surface area contributed by atoms with Crippen LogP contribution in [0.2, 0.25) is 0 Å². The van der Waals surface area contributed by atoms with Crippen molar-refractivity contribution in [2.24, 2.45) is 0 Å². The number of hydrogen-bond donors (Lipinski definition) is 2. The van der Waals surface area contributed by atoms with E-state index in [0.717, 1.165) is 92.6 Å². The smallest absolute Gasteiger partial charge is 0.252 e. The van der Waals surface area contributed by atoms with E-state index in [1.54, 1.807) is 6.07 Å². The van der Waals surface area contributed by atoms with Gasteiger partial charge in [0.15, 0.2) is 0 Å². The highest BCUT2D eigenvalue weighted by Crippen LogP contribution is 2.44. The topological polar surface area (TPSA) is 88.0 Å². The van der Waals surface area contributed by atoms with Crippen LogP contribution in [-0.2, 0) is 12.8 Å². The average molecular weight is 598 g/mol. The van der Waals surface area contributed by atoms with Crippen molar-refractivity contribution in [2.75, 3.05) is 36.4 Å². The summed E-state index contributed by atoms with van der Waals surface area (Å²) in [5.74, 6) is 1.14. The van der Waals surface area contributed by atoms with Gasteiger partial charge in [-0.3, -0.25) is 9.36 Å². The highest BCUT2D eigenvalue weighted by Gasteiger charge is 2.27. The summed E-state index contributed by atoms with van der Waals surface area (Å²) in [6, 6.07) is 19.4. The van der Waals surface area contributed by atoms with Crippen molar-refractivity contribution in [3.05, 3.63) is 93.4 Å². The molecule has 45 heavy (non-hydrogen) atoms. The SMILES string of the molecule is CCc1ccc2c(c1)-c1cccc(-c3nc(Nc4ccc(N5CCNCC5)cn4)nc4c3c(C)cc(=O)n4C3CCCC3)c1C2. The van der Waals surface area contributed by atoms with Crippen LogP contribution in [0.15, 0.2) is 65.6 Å². The summed E-state index contributed by atoms with van der Waals surface area (Å²) < 4.78 is 1.94. The molecule has 228 valence electrons. The largest absolute Gasteiger partial charge is 0.368 e. The summed E-state index contributed by atoms with van der Waals surface area (Å²) in [5.41, 5.74) is 11.3. The number of hydrogen-bond acceptors (Lipinski definition) is 7. The van der Waals surface area contributed by atoms with Crippen molar-refractivity contribution in [3.63, 3.8) is 0 Å². The maximum atomic E-state index is 13.6. The Balaban J connectivity index is 1.28. The number of aromatic nitrogens is 4.